The molecule has 0 bridgehead atoms. The van der Waals surface area contributed by atoms with E-state index in [-0.39, 0.29) is 11.1 Å². The molecule has 1 aromatic heterocycles. The lowest BCUT2D eigenvalue weighted by Crippen LogP contribution is -2.27. The van der Waals surface area contributed by atoms with E-state index in [1.807, 2.05) is 50.2 Å². The third kappa shape index (κ3) is 3.00. The van der Waals surface area contributed by atoms with Gasteiger partial charge in [0, 0.05) is 9.75 Å². The van der Waals surface area contributed by atoms with Crippen molar-refractivity contribution in [2.75, 3.05) is 0 Å². The van der Waals surface area contributed by atoms with E-state index >= 15 is 0 Å². The molecule has 0 saturated carbocycles. The lowest BCUT2D eigenvalue weighted by Gasteiger charge is -2.14. The Bertz CT molecular complexity index is 776. The van der Waals surface area contributed by atoms with Gasteiger partial charge in [0.2, 0.25) is 0 Å². The van der Waals surface area contributed by atoms with Crippen LogP contribution < -0.4 is 0 Å². The molecule has 1 aromatic carbocycles. The molecule has 2 aromatic rings. The summed E-state index contributed by atoms with van der Waals surface area (Å²) < 4.78 is 0. The van der Waals surface area contributed by atoms with E-state index in [1.54, 1.807) is 17.4 Å². The van der Waals surface area contributed by atoms with Crippen molar-refractivity contribution in [3.63, 3.8) is 0 Å². The lowest BCUT2D eigenvalue weighted by atomic mass is 10.1. The predicted octanol–water partition coefficient (Wildman–Crippen LogP) is 4.60. The van der Waals surface area contributed by atoms with Crippen LogP contribution in [0, 0.1) is 13.8 Å². The van der Waals surface area contributed by atoms with Crippen LogP contribution in [0.3, 0.4) is 0 Å². The largest absolute Gasteiger partial charge is 0.293 e. The number of thioether (sulfide) groups is 1. The van der Waals surface area contributed by atoms with E-state index in [2.05, 4.69) is 0 Å². The fraction of sp³-hybridized carbons (Fsp3) is 0.176. The molecule has 5 heteroatoms. The number of carbonyl (C=O) groups is 2. The van der Waals surface area contributed by atoms with Crippen molar-refractivity contribution in [3.8, 4) is 0 Å². The van der Waals surface area contributed by atoms with E-state index in [0.29, 0.717) is 11.4 Å². The molecule has 0 radical (unpaired) electrons. The SMILES string of the molecule is Cc1ccc(/C=C2\SC(=O)N(Cc3ccccc3C)C2=O)s1. The van der Waals surface area contributed by atoms with Crippen LogP contribution in [0.2, 0.25) is 0 Å². The van der Waals surface area contributed by atoms with Crippen LogP contribution in [0.5, 0.6) is 0 Å². The molecule has 2 amide bonds. The van der Waals surface area contributed by atoms with Crippen LogP contribution in [0.1, 0.15) is 20.9 Å². The fourth-order valence-electron chi connectivity index (χ4n) is 2.25. The first-order valence-electron chi connectivity index (χ1n) is 6.91. The summed E-state index contributed by atoms with van der Waals surface area (Å²) in [6.45, 7) is 4.34. The highest BCUT2D eigenvalue weighted by Crippen LogP contribution is 2.34. The van der Waals surface area contributed by atoms with Crippen LogP contribution >= 0.6 is 23.1 Å². The van der Waals surface area contributed by atoms with Gasteiger partial charge in [0.1, 0.15) is 0 Å². The molecular weight excluding hydrogens is 314 g/mol. The van der Waals surface area contributed by atoms with Crippen molar-refractivity contribution >= 4 is 40.3 Å². The average Bonchev–Trinajstić information content (AvgIpc) is 3.00. The first-order chi connectivity index (χ1) is 10.5. The molecule has 22 heavy (non-hydrogen) atoms. The van der Waals surface area contributed by atoms with Crippen molar-refractivity contribution in [1.29, 1.82) is 0 Å². The van der Waals surface area contributed by atoms with Crippen LogP contribution in [0.15, 0.2) is 41.3 Å². The molecule has 0 aliphatic carbocycles. The zero-order valence-electron chi connectivity index (χ0n) is 12.3. The molecule has 1 saturated heterocycles. The predicted molar refractivity (Wildman–Crippen MR) is 91.7 cm³/mol. The minimum atomic E-state index is -0.204. The highest BCUT2D eigenvalue weighted by Gasteiger charge is 2.35. The summed E-state index contributed by atoms with van der Waals surface area (Å²) in [5.74, 6) is -0.204. The van der Waals surface area contributed by atoms with Gasteiger partial charge >= 0.3 is 0 Å². The Labute approximate surface area is 137 Å². The zero-order valence-corrected chi connectivity index (χ0v) is 14.0. The van der Waals surface area contributed by atoms with Gasteiger partial charge in [0.25, 0.3) is 11.1 Å². The number of carbonyl (C=O) groups excluding carboxylic acids is 2. The standard InChI is InChI=1S/C17H15NO2S2/c1-11-5-3-4-6-13(11)10-18-16(19)15(22-17(18)20)9-14-8-7-12(2)21-14/h3-9H,10H2,1-2H3/b15-9-. The Morgan fingerprint density at radius 3 is 2.55 bits per heavy atom. The number of aryl methyl sites for hydroxylation is 2. The molecule has 1 fully saturated rings. The van der Waals surface area contributed by atoms with Crippen molar-refractivity contribution in [2.24, 2.45) is 0 Å². The topological polar surface area (TPSA) is 37.4 Å². The third-order valence-electron chi connectivity index (χ3n) is 3.50. The van der Waals surface area contributed by atoms with Crippen LogP contribution in [-0.4, -0.2) is 16.0 Å². The number of benzene rings is 1. The monoisotopic (exact) mass is 329 g/mol. The van der Waals surface area contributed by atoms with E-state index in [0.717, 1.165) is 27.8 Å². The number of hydrogen-bond donors (Lipinski definition) is 0. The van der Waals surface area contributed by atoms with E-state index in [9.17, 15) is 9.59 Å². The smallest absolute Gasteiger partial charge is 0.268 e. The second kappa shape index (κ2) is 6.10. The Morgan fingerprint density at radius 2 is 1.86 bits per heavy atom. The summed E-state index contributed by atoms with van der Waals surface area (Å²) in [6, 6.07) is 11.8. The van der Waals surface area contributed by atoms with E-state index < -0.39 is 0 Å². The summed E-state index contributed by atoms with van der Waals surface area (Å²) >= 11 is 2.63. The summed E-state index contributed by atoms with van der Waals surface area (Å²) in [6.07, 6.45) is 1.81. The van der Waals surface area contributed by atoms with Gasteiger partial charge in [-0.1, -0.05) is 24.3 Å². The number of imide groups is 1. The summed E-state index contributed by atoms with van der Waals surface area (Å²) in [4.78, 5) is 28.6. The number of thiophene rings is 1. The van der Waals surface area contributed by atoms with E-state index in [4.69, 9.17) is 0 Å². The molecule has 0 spiro atoms. The summed E-state index contributed by atoms with van der Waals surface area (Å²) in [5, 5.41) is -0.201. The van der Waals surface area contributed by atoms with Crippen LogP contribution in [0.4, 0.5) is 4.79 Å². The minimum Gasteiger partial charge on any atom is -0.268 e. The van der Waals surface area contributed by atoms with Crippen molar-refractivity contribution in [3.05, 3.63) is 62.2 Å². The highest BCUT2D eigenvalue weighted by molar-refractivity contribution is 8.18. The maximum absolute atomic E-state index is 12.5. The summed E-state index contributed by atoms with van der Waals surface area (Å²) in [7, 11) is 0. The van der Waals surface area contributed by atoms with Gasteiger partial charge in [-0.3, -0.25) is 14.5 Å². The molecule has 0 atom stereocenters. The Balaban J connectivity index is 1.83. The molecule has 0 N–H and O–H groups in total. The molecule has 0 unspecified atom stereocenters. The molecule has 3 nitrogen and oxygen atoms in total. The first kappa shape index (κ1) is 15.1. The minimum absolute atomic E-state index is 0.201. The maximum Gasteiger partial charge on any atom is 0.293 e. The first-order valence-corrected chi connectivity index (χ1v) is 8.54. The van der Waals surface area contributed by atoms with Crippen molar-refractivity contribution in [1.82, 2.24) is 4.90 Å². The van der Waals surface area contributed by atoms with E-state index in [1.165, 1.54) is 9.78 Å². The number of hydrogen-bond acceptors (Lipinski definition) is 4. The normalized spacial score (nSPS) is 16.8. The van der Waals surface area contributed by atoms with Gasteiger partial charge in [-0.15, -0.1) is 11.3 Å². The summed E-state index contributed by atoms with van der Waals surface area (Å²) in [5.41, 5.74) is 2.08. The highest BCUT2D eigenvalue weighted by atomic mass is 32.2. The van der Waals surface area contributed by atoms with Gasteiger partial charge in [0.05, 0.1) is 11.4 Å². The van der Waals surface area contributed by atoms with Crippen LogP contribution in [-0.2, 0) is 11.3 Å². The van der Waals surface area contributed by atoms with Crippen LogP contribution in [0.25, 0.3) is 6.08 Å². The molecule has 1 aliphatic heterocycles. The number of rotatable bonds is 3. The van der Waals surface area contributed by atoms with Gasteiger partial charge in [-0.2, -0.15) is 0 Å². The van der Waals surface area contributed by atoms with Gasteiger partial charge < -0.3 is 0 Å². The average molecular weight is 329 g/mol. The lowest BCUT2D eigenvalue weighted by molar-refractivity contribution is -0.123. The third-order valence-corrected chi connectivity index (χ3v) is 5.35. The Kier molecular flexibility index (Phi) is 4.18. The van der Waals surface area contributed by atoms with Crippen molar-refractivity contribution < 1.29 is 9.59 Å². The molecular formula is C17H15NO2S2. The quantitative estimate of drug-likeness (QED) is 0.772. The zero-order chi connectivity index (χ0) is 15.7. The fourth-order valence-corrected chi connectivity index (χ4v) is 3.98. The number of amides is 2. The van der Waals surface area contributed by atoms with Gasteiger partial charge in [-0.05, 0) is 54.9 Å². The molecule has 112 valence electrons. The van der Waals surface area contributed by atoms with Gasteiger partial charge in [0.15, 0.2) is 0 Å². The second-order valence-corrected chi connectivity index (χ2v) is 7.46. The number of nitrogens with zero attached hydrogens (tertiary/aromatic N) is 1. The molecule has 1 aliphatic rings. The second-order valence-electron chi connectivity index (χ2n) is 5.14. The Morgan fingerprint density at radius 1 is 1.09 bits per heavy atom. The maximum atomic E-state index is 12.5. The molecule has 3 rings (SSSR count). The Hall–Kier alpha value is -1.85. The molecule has 2 heterocycles. The van der Waals surface area contributed by atoms with Gasteiger partial charge in [-0.25, -0.2) is 0 Å². The van der Waals surface area contributed by atoms with Crippen molar-refractivity contribution in [2.45, 2.75) is 20.4 Å².